The minimum Gasteiger partial charge on any atom is -0.494 e. The number of carbonyl (C=O) groups excluding carboxylic acids is 1. The highest BCUT2D eigenvalue weighted by molar-refractivity contribution is 7.80. The van der Waals surface area contributed by atoms with E-state index in [1.54, 1.807) is 12.1 Å². The Labute approximate surface area is 195 Å². The Morgan fingerprint density at radius 3 is 2.29 bits per heavy atom. The molecule has 3 N–H and O–H groups in total. The van der Waals surface area contributed by atoms with Crippen LogP contribution in [0.15, 0.2) is 24.3 Å². The third-order valence-electron chi connectivity index (χ3n) is 3.47. The van der Waals surface area contributed by atoms with E-state index in [1.807, 2.05) is 12.1 Å². The van der Waals surface area contributed by atoms with Crippen LogP contribution in [0.25, 0.3) is 0 Å². The van der Waals surface area contributed by atoms with Gasteiger partial charge in [-0.3, -0.25) is 4.79 Å². The molecule has 1 atom stereocenters. The van der Waals surface area contributed by atoms with E-state index < -0.39 is 20.7 Å². The van der Waals surface area contributed by atoms with Gasteiger partial charge in [0.2, 0.25) is 3.79 Å². The van der Waals surface area contributed by atoms with Crippen LogP contribution in [0.1, 0.15) is 32.6 Å². The average Bonchev–Trinajstić information content (AvgIpc) is 2.61. The van der Waals surface area contributed by atoms with Gasteiger partial charge < -0.3 is 20.7 Å². The maximum atomic E-state index is 11.7. The topological polar surface area (TPSA) is 62.4 Å². The molecule has 0 saturated carbocycles. The molecule has 0 saturated heterocycles. The average molecular weight is 510 g/mol. The number of amides is 1. The largest absolute Gasteiger partial charge is 0.494 e. The van der Waals surface area contributed by atoms with Crippen LogP contribution in [0.4, 0.5) is 5.69 Å². The Kier molecular flexibility index (Phi) is 12.0. The van der Waals surface area contributed by atoms with Crippen molar-refractivity contribution in [2.24, 2.45) is 0 Å². The summed E-state index contributed by atoms with van der Waals surface area (Å²) in [6, 6.07) is 7.24. The number of alkyl halides is 5. The van der Waals surface area contributed by atoms with Crippen LogP contribution in [0, 0.1) is 0 Å². The predicted molar refractivity (Wildman–Crippen MR) is 123 cm³/mol. The maximum Gasteiger partial charge on any atom is 0.255 e. The van der Waals surface area contributed by atoms with Crippen LogP contribution in [0.5, 0.6) is 5.75 Å². The first-order chi connectivity index (χ1) is 13.1. The van der Waals surface area contributed by atoms with Gasteiger partial charge >= 0.3 is 0 Å². The lowest BCUT2D eigenvalue weighted by Crippen LogP contribution is -2.57. The molecule has 158 valence electrons. The molecule has 0 fully saturated rings. The van der Waals surface area contributed by atoms with Crippen molar-refractivity contribution in [2.45, 2.75) is 47.4 Å². The number of anilines is 1. The molecule has 0 aliphatic carbocycles. The molecule has 0 bridgehead atoms. The van der Waals surface area contributed by atoms with Crippen LogP contribution < -0.4 is 20.7 Å². The zero-order chi connectivity index (χ0) is 21.2. The summed E-state index contributed by atoms with van der Waals surface area (Å²) in [7, 11) is 0. The fourth-order valence-electron chi connectivity index (χ4n) is 2.06. The van der Waals surface area contributed by atoms with E-state index in [0.717, 1.165) is 18.6 Å². The number of nitrogens with one attached hydrogen (secondary N) is 3. The van der Waals surface area contributed by atoms with Gasteiger partial charge in [0.1, 0.15) is 11.9 Å². The summed E-state index contributed by atoms with van der Waals surface area (Å²) in [6.07, 6.45) is 3.44. The van der Waals surface area contributed by atoms with Crippen molar-refractivity contribution in [2.75, 3.05) is 11.9 Å². The van der Waals surface area contributed by atoms with Crippen LogP contribution in [0.2, 0.25) is 0 Å². The second kappa shape index (κ2) is 13.0. The zero-order valence-corrected chi connectivity index (χ0v) is 19.7. The highest BCUT2D eigenvalue weighted by Gasteiger charge is 2.35. The second-order valence-corrected chi connectivity index (χ2v) is 9.69. The van der Waals surface area contributed by atoms with Crippen molar-refractivity contribution >= 4 is 86.9 Å². The molecule has 5 nitrogen and oxygen atoms in total. The van der Waals surface area contributed by atoms with E-state index in [-0.39, 0.29) is 5.11 Å². The summed E-state index contributed by atoms with van der Waals surface area (Å²) in [5, 5.41) is 8.13. The summed E-state index contributed by atoms with van der Waals surface area (Å²) < 4.78 is 3.80. The lowest BCUT2D eigenvalue weighted by atomic mass is 10.2. The quantitative estimate of drug-likeness (QED) is 0.167. The fraction of sp³-hybridized carbons (Fsp3) is 0.529. The molecule has 0 aromatic heterocycles. The molecule has 0 heterocycles. The van der Waals surface area contributed by atoms with E-state index in [9.17, 15) is 4.79 Å². The summed E-state index contributed by atoms with van der Waals surface area (Å²) in [6.45, 7) is 2.85. The third kappa shape index (κ3) is 10.4. The molecular weight excluding hydrogens is 488 g/mol. The summed E-state index contributed by atoms with van der Waals surface area (Å²) >= 11 is 33.8. The van der Waals surface area contributed by atoms with Crippen molar-refractivity contribution in [3.8, 4) is 5.75 Å². The third-order valence-corrected chi connectivity index (χ3v) is 4.74. The van der Waals surface area contributed by atoms with Gasteiger partial charge in [-0.2, -0.15) is 0 Å². The molecule has 1 amide bonds. The van der Waals surface area contributed by atoms with E-state index in [2.05, 4.69) is 22.9 Å². The molecule has 28 heavy (non-hydrogen) atoms. The monoisotopic (exact) mass is 507 g/mol. The number of thiocarbonyl (C=S) groups is 1. The van der Waals surface area contributed by atoms with Gasteiger partial charge in [-0.15, -0.1) is 0 Å². The van der Waals surface area contributed by atoms with Gasteiger partial charge in [0.25, 0.3) is 5.91 Å². The van der Waals surface area contributed by atoms with Crippen LogP contribution in [0.3, 0.4) is 0 Å². The number of halogens is 5. The number of ether oxygens (including phenoxy) is 1. The SMILES string of the molecule is CCCCCCOc1ccc(NC(=S)NC(NC(=O)C(Cl)Cl)C(Cl)(Cl)Cl)cc1. The summed E-state index contributed by atoms with van der Waals surface area (Å²) in [5.41, 5.74) is 0.692. The number of hydrogen-bond donors (Lipinski definition) is 3. The number of hydrogen-bond acceptors (Lipinski definition) is 3. The Balaban J connectivity index is 2.55. The maximum absolute atomic E-state index is 11.7. The van der Waals surface area contributed by atoms with Gasteiger partial charge in [0.15, 0.2) is 9.95 Å². The molecule has 0 radical (unpaired) electrons. The Morgan fingerprint density at radius 2 is 1.75 bits per heavy atom. The lowest BCUT2D eigenvalue weighted by molar-refractivity contribution is -0.120. The van der Waals surface area contributed by atoms with Gasteiger partial charge in [-0.05, 0) is 42.9 Å². The van der Waals surface area contributed by atoms with Gasteiger partial charge in [-0.1, -0.05) is 84.2 Å². The molecule has 0 spiro atoms. The van der Waals surface area contributed by atoms with Gasteiger partial charge in [0.05, 0.1) is 6.61 Å². The van der Waals surface area contributed by atoms with Crippen LogP contribution in [-0.2, 0) is 4.79 Å². The lowest BCUT2D eigenvalue weighted by Gasteiger charge is -2.28. The molecule has 0 aliphatic rings. The first-order valence-electron chi connectivity index (χ1n) is 8.59. The summed E-state index contributed by atoms with van der Waals surface area (Å²) in [4.78, 5) is 10.3. The molecular formula is C17H22Cl5N3O2S. The standard InChI is InChI=1S/C17H22Cl5N3O2S/c1-2-3-4-5-10-27-12-8-6-11(7-9-12)23-16(28)25-15(17(20,21)22)24-14(26)13(18)19/h6-9,13,15H,2-5,10H2,1H3,(H,24,26)(H2,23,25,28). The molecule has 1 aromatic rings. The van der Waals surface area contributed by atoms with E-state index >= 15 is 0 Å². The zero-order valence-electron chi connectivity index (χ0n) is 15.1. The normalized spacial score (nSPS) is 12.4. The molecule has 1 aromatic carbocycles. The Morgan fingerprint density at radius 1 is 1.11 bits per heavy atom. The van der Waals surface area contributed by atoms with Crippen molar-refractivity contribution < 1.29 is 9.53 Å². The first kappa shape index (κ1) is 25.7. The molecule has 1 rings (SSSR count). The molecule has 1 unspecified atom stereocenters. The molecule has 11 heteroatoms. The molecule has 0 aliphatic heterocycles. The van der Waals surface area contributed by atoms with Crippen molar-refractivity contribution in [3.05, 3.63) is 24.3 Å². The second-order valence-electron chi connectivity index (χ2n) is 5.82. The highest BCUT2D eigenvalue weighted by atomic mass is 35.6. The van der Waals surface area contributed by atoms with Crippen molar-refractivity contribution in [1.82, 2.24) is 10.6 Å². The number of benzene rings is 1. The summed E-state index contributed by atoms with van der Waals surface area (Å²) in [5.74, 6) is 0.0398. The van der Waals surface area contributed by atoms with Crippen molar-refractivity contribution in [1.29, 1.82) is 0 Å². The fourth-order valence-corrected chi connectivity index (χ4v) is 2.75. The Hall–Kier alpha value is -0.370. The van der Waals surface area contributed by atoms with E-state index in [1.165, 1.54) is 12.8 Å². The minimum atomic E-state index is -1.89. The number of carbonyl (C=O) groups is 1. The number of unbranched alkanes of at least 4 members (excludes halogenated alkanes) is 3. The van der Waals surface area contributed by atoms with E-state index in [0.29, 0.717) is 12.3 Å². The van der Waals surface area contributed by atoms with Crippen molar-refractivity contribution in [3.63, 3.8) is 0 Å². The Bertz CT molecular complexity index is 626. The van der Waals surface area contributed by atoms with Gasteiger partial charge in [-0.25, -0.2) is 0 Å². The smallest absolute Gasteiger partial charge is 0.255 e. The van der Waals surface area contributed by atoms with Gasteiger partial charge in [0, 0.05) is 5.69 Å². The van der Waals surface area contributed by atoms with E-state index in [4.69, 9.17) is 75.0 Å². The number of rotatable bonds is 10. The highest BCUT2D eigenvalue weighted by Crippen LogP contribution is 2.29. The van der Waals surface area contributed by atoms with Crippen LogP contribution in [-0.4, -0.2) is 32.4 Å². The predicted octanol–water partition coefficient (Wildman–Crippen LogP) is 5.55. The van der Waals surface area contributed by atoms with Crippen LogP contribution >= 0.6 is 70.2 Å². The minimum absolute atomic E-state index is 0.130. The first-order valence-corrected chi connectivity index (χ1v) is 11.0.